The van der Waals surface area contributed by atoms with Crippen molar-refractivity contribution in [2.24, 2.45) is 0 Å². The van der Waals surface area contributed by atoms with Gasteiger partial charge in [0.25, 0.3) is 0 Å². The molecular weight excluding hydrogens is 382 g/mol. The van der Waals surface area contributed by atoms with Gasteiger partial charge in [-0.25, -0.2) is 9.66 Å². The third kappa shape index (κ3) is 4.64. The predicted octanol–water partition coefficient (Wildman–Crippen LogP) is 5.01. The number of imidazole rings is 1. The van der Waals surface area contributed by atoms with Crippen LogP contribution in [0.25, 0.3) is 0 Å². The second kappa shape index (κ2) is 8.50. The topological polar surface area (TPSA) is 56.1 Å². The molecule has 1 aromatic heterocycles. The lowest BCUT2D eigenvalue weighted by Crippen LogP contribution is -2.13. The second-order valence-electron chi connectivity index (χ2n) is 5.96. The number of nitrogens with one attached hydrogen (secondary N) is 1. The monoisotopic (exact) mass is 401 g/mol. The molecule has 0 saturated heterocycles. The Kier molecular flexibility index (Phi) is 6.08. The number of carbonyl (C=O) groups excluding carboxylic acids is 1. The van der Waals surface area contributed by atoms with Crippen molar-refractivity contribution in [3.05, 3.63) is 70.5 Å². The van der Waals surface area contributed by atoms with E-state index in [0.29, 0.717) is 16.3 Å². The number of thioether (sulfide) groups is 1. The Hall–Kier alpha value is -2.44. The first-order valence-corrected chi connectivity index (χ1v) is 9.73. The van der Waals surface area contributed by atoms with Crippen LogP contribution in [0.3, 0.4) is 0 Å². The molecule has 1 N–H and O–H groups in total. The molecule has 0 spiro atoms. The summed E-state index contributed by atoms with van der Waals surface area (Å²) in [4.78, 5) is 17.1. The van der Waals surface area contributed by atoms with Gasteiger partial charge >= 0.3 is 0 Å². The molecule has 140 valence electrons. The highest BCUT2D eigenvalue weighted by molar-refractivity contribution is 7.99. The van der Waals surface area contributed by atoms with E-state index in [2.05, 4.69) is 10.4 Å². The van der Waals surface area contributed by atoms with Gasteiger partial charge in [-0.3, -0.25) is 10.2 Å². The Bertz CT molecular complexity index is 937. The van der Waals surface area contributed by atoms with E-state index in [0.717, 1.165) is 28.0 Å². The van der Waals surface area contributed by atoms with Crippen molar-refractivity contribution in [2.75, 3.05) is 18.3 Å². The molecule has 3 rings (SSSR count). The van der Waals surface area contributed by atoms with E-state index in [-0.39, 0.29) is 5.78 Å². The summed E-state index contributed by atoms with van der Waals surface area (Å²) in [5.41, 5.74) is 6.76. The third-order valence-electron chi connectivity index (χ3n) is 4.14. The molecule has 0 saturated carbocycles. The van der Waals surface area contributed by atoms with Crippen molar-refractivity contribution in [2.45, 2.75) is 19.0 Å². The summed E-state index contributed by atoms with van der Waals surface area (Å²) in [7, 11) is 1.60. The van der Waals surface area contributed by atoms with Crippen LogP contribution >= 0.6 is 23.4 Å². The Morgan fingerprint density at radius 3 is 2.44 bits per heavy atom. The number of ether oxygens (including phenoxy) is 1. The number of nitrogens with zero attached hydrogens (tertiary/aromatic N) is 2. The standard InChI is InChI=1S/C20H20ClN3O2S/c1-13-14(2)24(23-17-8-6-16(21)7-9-17)20(22-13)27-12-19(25)15-4-10-18(26-3)11-5-15/h4-11,23H,12H2,1-3H3. The minimum absolute atomic E-state index is 0.0407. The molecule has 0 unspecified atom stereocenters. The van der Waals surface area contributed by atoms with Crippen molar-refractivity contribution >= 4 is 34.8 Å². The number of methoxy groups -OCH3 is 1. The van der Waals surface area contributed by atoms with Gasteiger partial charge in [0.05, 0.1) is 29.9 Å². The molecule has 0 amide bonds. The molecule has 5 nitrogen and oxygen atoms in total. The van der Waals surface area contributed by atoms with E-state index in [1.165, 1.54) is 11.8 Å². The van der Waals surface area contributed by atoms with Gasteiger partial charge in [-0.1, -0.05) is 23.4 Å². The van der Waals surface area contributed by atoms with Crippen LogP contribution in [0.4, 0.5) is 5.69 Å². The van der Waals surface area contributed by atoms with Gasteiger partial charge in [0.2, 0.25) is 0 Å². The molecule has 0 radical (unpaired) electrons. The maximum Gasteiger partial charge on any atom is 0.187 e. The summed E-state index contributed by atoms with van der Waals surface area (Å²) in [6, 6.07) is 14.6. The number of hydrogen-bond acceptors (Lipinski definition) is 5. The SMILES string of the molecule is COc1ccc(C(=O)CSc2nc(C)c(C)n2Nc2ccc(Cl)cc2)cc1. The van der Waals surface area contributed by atoms with E-state index in [4.69, 9.17) is 16.3 Å². The molecule has 0 atom stereocenters. The van der Waals surface area contributed by atoms with Gasteiger partial charge in [-0.15, -0.1) is 0 Å². The Morgan fingerprint density at radius 1 is 1.15 bits per heavy atom. The van der Waals surface area contributed by atoms with E-state index in [1.54, 1.807) is 31.4 Å². The number of ketones is 1. The highest BCUT2D eigenvalue weighted by Gasteiger charge is 2.15. The van der Waals surface area contributed by atoms with Crippen LogP contribution in [-0.2, 0) is 0 Å². The number of carbonyl (C=O) groups is 1. The van der Waals surface area contributed by atoms with Crippen LogP contribution in [0.1, 0.15) is 21.7 Å². The normalized spacial score (nSPS) is 10.7. The summed E-state index contributed by atoms with van der Waals surface area (Å²) in [6.07, 6.45) is 0. The van der Waals surface area contributed by atoms with Crippen molar-refractivity contribution in [1.29, 1.82) is 0 Å². The quantitative estimate of drug-likeness (QED) is 0.445. The highest BCUT2D eigenvalue weighted by Crippen LogP contribution is 2.24. The Labute approximate surface area is 167 Å². The molecule has 1 heterocycles. The first-order valence-electron chi connectivity index (χ1n) is 8.36. The van der Waals surface area contributed by atoms with Crippen LogP contribution in [0.5, 0.6) is 5.75 Å². The number of anilines is 1. The summed E-state index contributed by atoms with van der Waals surface area (Å²) >= 11 is 7.35. The Balaban J connectivity index is 1.73. The molecule has 0 aliphatic heterocycles. The number of Topliss-reactive ketones (excluding diaryl/α,β-unsaturated/α-hetero) is 1. The first-order chi connectivity index (χ1) is 13.0. The molecule has 0 bridgehead atoms. The number of rotatable bonds is 7. The van der Waals surface area contributed by atoms with Gasteiger partial charge in [0, 0.05) is 10.6 Å². The second-order valence-corrected chi connectivity index (χ2v) is 7.34. The summed E-state index contributed by atoms with van der Waals surface area (Å²) in [5, 5.41) is 1.42. The van der Waals surface area contributed by atoms with Crippen LogP contribution < -0.4 is 10.2 Å². The van der Waals surface area contributed by atoms with Crippen LogP contribution in [0, 0.1) is 13.8 Å². The predicted molar refractivity (Wildman–Crippen MR) is 110 cm³/mol. The van der Waals surface area contributed by atoms with Gasteiger partial charge in [0.1, 0.15) is 5.75 Å². The minimum atomic E-state index is 0.0407. The molecule has 3 aromatic rings. The largest absolute Gasteiger partial charge is 0.497 e. The lowest BCUT2D eigenvalue weighted by atomic mass is 10.1. The third-order valence-corrected chi connectivity index (χ3v) is 5.33. The van der Waals surface area contributed by atoms with E-state index >= 15 is 0 Å². The Morgan fingerprint density at radius 2 is 1.81 bits per heavy atom. The fraction of sp³-hybridized carbons (Fsp3) is 0.200. The zero-order valence-electron chi connectivity index (χ0n) is 15.3. The molecule has 0 aliphatic rings. The van der Waals surface area contributed by atoms with Crippen molar-refractivity contribution in [3.8, 4) is 5.75 Å². The molecular formula is C20H20ClN3O2S. The number of hydrogen-bond donors (Lipinski definition) is 1. The summed E-state index contributed by atoms with van der Waals surface area (Å²) in [5.74, 6) is 1.07. The van der Waals surface area contributed by atoms with E-state index in [1.807, 2.05) is 42.8 Å². The van der Waals surface area contributed by atoms with Gasteiger partial charge in [-0.05, 0) is 62.4 Å². The van der Waals surface area contributed by atoms with Crippen LogP contribution in [0.15, 0.2) is 53.7 Å². The number of aromatic nitrogens is 2. The average molecular weight is 402 g/mol. The lowest BCUT2D eigenvalue weighted by Gasteiger charge is -2.12. The van der Waals surface area contributed by atoms with Crippen molar-refractivity contribution in [1.82, 2.24) is 9.66 Å². The van der Waals surface area contributed by atoms with Gasteiger partial charge < -0.3 is 4.74 Å². The average Bonchev–Trinajstić information content (AvgIpc) is 2.95. The smallest absolute Gasteiger partial charge is 0.187 e. The number of aryl methyl sites for hydroxylation is 1. The summed E-state index contributed by atoms with van der Waals surface area (Å²) < 4.78 is 7.02. The molecule has 0 aliphatic carbocycles. The van der Waals surface area contributed by atoms with Crippen LogP contribution in [-0.4, -0.2) is 28.3 Å². The summed E-state index contributed by atoms with van der Waals surface area (Å²) in [6.45, 7) is 3.94. The zero-order chi connectivity index (χ0) is 19.4. The first kappa shape index (κ1) is 19.3. The van der Waals surface area contributed by atoms with Gasteiger partial charge in [-0.2, -0.15) is 0 Å². The molecule has 2 aromatic carbocycles. The van der Waals surface area contributed by atoms with Gasteiger partial charge in [0.15, 0.2) is 10.9 Å². The number of halogens is 1. The fourth-order valence-corrected chi connectivity index (χ4v) is 3.52. The van der Waals surface area contributed by atoms with E-state index in [9.17, 15) is 4.79 Å². The lowest BCUT2D eigenvalue weighted by molar-refractivity contribution is 0.102. The zero-order valence-corrected chi connectivity index (χ0v) is 16.9. The molecule has 7 heteroatoms. The maximum atomic E-state index is 12.5. The van der Waals surface area contributed by atoms with Crippen LogP contribution in [0.2, 0.25) is 5.02 Å². The highest BCUT2D eigenvalue weighted by atomic mass is 35.5. The fourth-order valence-electron chi connectivity index (χ4n) is 2.45. The minimum Gasteiger partial charge on any atom is -0.497 e. The maximum absolute atomic E-state index is 12.5. The molecule has 0 fully saturated rings. The van der Waals surface area contributed by atoms with Crippen molar-refractivity contribution < 1.29 is 9.53 Å². The van der Waals surface area contributed by atoms with E-state index < -0.39 is 0 Å². The molecule has 27 heavy (non-hydrogen) atoms. The van der Waals surface area contributed by atoms with Crippen molar-refractivity contribution in [3.63, 3.8) is 0 Å². The number of benzene rings is 2.